The van der Waals surface area contributed by atoms with Crippen LogP contribution in [0.25, 0.3) is 0 Å². The average molecular weight is 510 g/mol. The van der Waals surface area contributed by atoms with E-state index in [0.29, 0.717) is 36.6 Å². The fourth-order valence-electron chi connectivity index (χ4n) is 4.32. The number of nitrogens with one attached hydrogen (secondary N) is 3. The molecule has 2 heterocycles. The normalized spacial score (nSPS) is 24.7. The van der Waals surface area contributed by atoms with Crippen LogP contribution in [-0.2, 0) is 24.0 Å². The Morgan fingerprint density at radius 3 is 2.08 bits per heavy atom. The second-order valence-corrected chi connectivity index (χ2v) is 10.5. The van der Waals surface area contributed by atoms with Gasteiger partial charge in [-0.15, -0.1) is 0 Å². The van der Waals surface area contributed by atoms with Crippen molar-refractivity contribution in [3.63, 3.8) is 0 Å². The summed E-state index contributed by atoms with van der Waals surface area (Å²) in [6.45, 7) is 14.7. The lowest BCUT2D eigenvalue weighted by Gasteiger charge is -2.22. The molecule has 5 amide bonds. The van der Waals surface area contributed by atoms with E-state index in [1.165, 1.54) is 19.3 Å². The Bertz CT molecular complexity index is 751. The van der Waals surface area contributed by atoms with Crippen molar-refractivity contribution in [1.82, 2.24) is 20.9 Å². The molecule has 4 aliphatic rings. The second kappa shape index (κ2) is 14.8. The van der Waals surface area contributed by atoms with Crippen LogP contribution < -0.4 is 21.7 Å². The van der Waals surface area contributed by atoms with Crippen molar-refractivity contribution in [2.45, 2.75) is 79.7 Å². The molecule has 0 radical (unpaired) electrons. The van der Waals surface area contributed by atoms with Crippen LogP contribution >= 0.6 is 0 Å². The maximum atomic E-state index is 11.9. The number of hydrogen-bond donors (Lipinski definition) is 4. The molecule has 206 valence electrons. The molecular formula is C26H47N5O5. The molecule has 0 bridgehead atoms. The lowest BCUT2D eigenvalue weighted by Crippen LogP contribution is -2.42. The number of fused-ring (bicyclic) bond motifs is 1. The van der Waals surface area contributed by atoms with Crippen LogP contribution in [-0.4, -0.2) is 67.2 Å². The second-order valence-electron chi connectivity index (χ2n) is 10.5. The molecule has 5 N–H and O–H groups in total. The number of primary amides is 1. The third-order valence-corrected chi connectivity index (χ3v) is 7.06. The molecular weight excluding hydrogens is 462 g/mol. The Labute approximate surface area is 215 Å². The van der Waals surface area contributed by atoms with E-state index < -0.39 is 11.9 Å². The zero-order valence-corrected chi connectivity index (χ0v) is 22.9. The van der Waals surface area contributed by atoms with E-state index in [1.54, 1.807) is 0 Å². The number of hydrogen-bond acceptors (Lipinski definition) is 5. The number of carbonyl (C=O) groups excluding carboxylic acids is 5. The van der Waals surface area contributed by atoms with Crippen molar-refractivity contribution in [2.24, 2.45) is 34.8 Å². The van der Waals surface area contributed by atoms with Gasteiger partial charge in [-0.2, -0.15) is 0 Å². The van der Waals surface area contributed by atoms with E-state index in [1.807, 2.05) is 32.6 Å². The Morgan fingerprint density at radius 2 is 1.69 bits per heavy atom. The first-order chi connectivity index (χ1) is 17.0. The molecule has 10 nitrogen and oxygen atoms in total. The van der Waals surface area contributed by atoms with E-state index >= 15 is 0 Å². The van der Waals surface area contributed by atoms with Crippen molar-refractivity contribution in [1.29, 1.82) is 0 Å². The molecule has 36 heavy (non-hydrogen) atoms. The topological polar surface area (TPSA) is 151 Å². The van der Waals surface area contributed by atoms with Gasteiger partial charge in [-0.1, -0.05) is 60.8 Å². The van der Waals surface area contributed by atoms with Crippen molar-refractivity contribution in [2.75, 3.05) is 26.2 Å². The lowest BCUT2D eigenvalue weighted by atomic mass is 9.98. The third kappa shape index (κ3) is 9.78. The molecule has 0 aromatic heterocycles. The zero-order chi connectivity index (χ0) is 27.5. The molecule has 4 atom stereocenters. The molecule has 2 aliphatic heterocycles. The van der Waals surface area contributed by atoms with Gasteiger partial charge < -0.3 is 26.6 Å². The van der Waals surface area contributed by atoms with Gasteiger partial charge in [0.1, 0.15) is 6.04 Å². The summed E-state index contributed by atoms with van der Waals surface area (Å²) >= 11 is 0. The number of carbonyl (C=O) groups is 5. The van der Waals surface area contributed by atoms with Crippen LogP contribution in [0, 0.1) is 29.1 Å². The van der Waals surface area contributed by atoms with E-state index in [-0.39, 0.29) is 42.5 Å². The average Bonchev–Trinajstić information content (AvgIpc) is 3.69. The highest BCUT2D eigenvalue weighted by Crippen LogP contribution is 2.61. The fourth-order valence-corrected chi connectivity index (χ4v) is 4.32. The van der Waals surface area contributed by atoms with E-state index in [0.717, 1.165) is 13.1 Å². The Hall–Kier alpha value is -2.65. The van der Waals surface area contributed by atoms with Crippen LogP contribution in [0.2, 0.25) is 0 Å². The monoisotopic (exact) mass is 509 g/mol. The first-order valence-corrected chi connectivity index (χ1v) is 13.3. The predicted octanol–water partition coefficient (Wildman–Crippen LogP) is 1.18. The van der Waals surface area contributed by atoms with E-state index in [4.69, 9.17) is 5.73 Å². The van der Waals surface area contributed by atoms with Crippen LogP contribution in [0.1, 0.15) is 73.6 Å². The van der Waals surface area contributed by atoms with E-state index in [2.05, 4.69) is 29.8 Å². The van der Waals surface area contributed by atoms with Gasteiger partial charge in [0.25, 0.3) is 0 Å². The first kappa shape index (κ1) is 31.4. The van der Waals surface area contributed by atoms with Crippen molar-refractivity contribution in [3.8, 4) is 0 Å². The number of nitrogens with zero attached hydrogens (tertiary/aromatic N) is 1. The summed E-state index contributed by atoms with van der Waals surface area (Å²) in [5.41, 5.74) is 5.48. The van der Waals surface area contributed by atoms with Crippen LogP contribution in [0.5, 0.6) is 0 Å². The molecule has 4 unspecified atom stereocenters. The summed E-state index contributed by atoms with van der Waals surface area (Å²) in [6, 6.07) is -0.749. The van der Waals surface area contributed by atoms with Gasteiger partial charge in [0.05, 0.1) is 6.54 Å². The maximum Gasteiger partial charge on any atom is 0.241 e. The van der Waals surface area contributed by atoms with Crippen LogP contribution in [0.4, 0.5) is 0 Å². The minimum absolute atomic E-state index is 0.0527. The quantitative estimate of drug-likeness (QED) is 0.362. The van der Waals surface area contributed by atoms with Crippen LogP contribution in [0.15, 0.2) is 0 Å². The van der Waals surface area contributed by atoms with Crippen molar-refractivity contribution in [3.05, 3.63) is 0 Å². The highest BCUT2D eigenvalue weighted by Gasteiger charge is 2.62. The van der Waals surface area contributed by atoms with Crippen molar-refractivity contribution < 1.29 is 24.0 Å². The molecule has 10 heteroatoms. The highest BCUT2D eigenvalue weighted by molar-refractivity contribution is 5.86. The highest BCUT2D eigenvalue weighted by atomic mass is 16.2. The molecule has 2 saturated carbocycles. The number of amides is 5. The minimum Gasteiger partial charge on any atom is -0.368 e. The largest absolute Gasteiger partial charge is 0.368 e. The molecule has 2 aliphatic carbocycles. The summed E-state index contributed by atoms with van der Waals surface area (Å²) in [4.78, 5) is 57.3. The number of likely N-dealkylation sites (tertiary alicyclic amines) is 1. The lowest BCUT2D eigenvalue weighted by molar-refractivity contribution is -0.133. The maximum absolute atomic E-state index is 11.9. The summed E-state index contributed by atoms with van der Waals surface area (Å²) in [6.07, 6.45) is 5.88. The van der Waals surface area contributed by atoms with Crippen molar-refractivity contribution >= 4 is 30.0 Å². The SMILES string of the molecule is C1CC1.CC.CC(C)C(=O)NCC(=O)N1CC2C(C1)C2(C)C.NC(=O)C(CC1CCNC1=O)NC=O. The summed E-state index contributed by atoms with van der Waals surface area (Å²) < 4.78 is 0. The molecule has 4 fully saturated rings. The standard InChI is InChI=1S/C13H22N2O2.C8H13N3O3.C3H6.C2H6/c1-8(2)12(17)14-5-11(16)15-6-9-10(7-15)13(9,3)4;9-7(13)6(11-4-12)3-5-1-2-10-8(5)14;1-2-3-1;1-2/h8-10H,5-7H2,1-4H3,(H,14,17);4-6H,1-3H2,(H2,9,13)(H,10,14)(H,11,12);1-3H2;1-2H3. The van der Waals surface area contributed by atoms with Gasteiger partial charge in [0.2, 0.25) is 30.0 Å². The van der Waals surface area contributed by atoms with Gasteiger partial charge in [0.15, 0.2) is 0 Å². The minimum atomic E-state index is -0.749. The number of nitrogens with two attached hydrogens (primary N) is 1. The van der Waals surface area contributed by atoms with Gasteiger partial charge >= 0.3 is 0 Å². The molecule has 0 aromatic carbocycles. The molecule has 0 aromatic rings. The van der Waals surface area contributed by atoms with E-state index in [9.17, 15) is 24.0 Å². The number of piperidine rings is 1. The Morgan fingerprint density at radius 1 is 1.14 bits per heavy atom. The summed E-state index contributed by atoms with van der Waals surface area (Å²) in [7, 11) is 0. The van der Waals surface area contributed by atoms with Gasteiger partial charge in [-0.05, 0) is 30.1 Å². The van der Waals surface area contributed by atoms with Gasteiger partial charge in [0, 0.05) is 31.5 Å². The van der Waals surface area contributed by atoms with Crippen LogP contribution in [0.3, 0.4) is 0 Å². The fraction of sp³-hybridized carbons (Fsp3) is 0.808. The first-order valence-electron chi connectivity index (χ1n) is 13.3. The Kier molecular flexibility index (Phi) is 12.9. The zero-order valence-electron chi connectivity index (χ0n) is 22.9. The molecule has 0 spiro atoms. The Balaban J connectivity index is 0.000000307. The summed E-state index contributed by atoms with van der Waals surface area (Å²) in [5.74, 6) is 0.374. The molecule has 4 rings (SSSR count). The predicted molar refractivity (Wildman–Crippen MR) is 138 cm³/mol. The smallest absolute Gasteiger partial charge is 0.241 e. The van der Waals surface area contributed by atoms with Gasteiger partial charge in [-0.25, -0.2) is 0 Å². The molecule has 2 saturated heterocycles. The third-order valence-electron chi connectivity index (χ3n) is 7.06. The number of rotatable bonds is 8. The summed E-state index contributed by atoms with van der Waals surface area (Å²) in [5, 5.41) is 7.62. The van der Waals surface area contributed by atoms with Gasteiger partial charge in [-0.3, -0.25) is 24.0 Å².